The van der Waals surface area contributed by atoms with Gasteiger partial charge in [-0.3, -0.25) is 4.79 Å². The summed E-state index contributed by atoms with van der Waals surface area (Å²) in [6.45, 7) is 3.84. The molecule has 0 N–H and O–H groups in total. The van der Waals surface area contributed by atoms with Crippen molar-refractivity contribution in [3.8, 4) is 17.2 Å². The zero-order valence-corrected chi connectivity index (χ0v) is 18.9. The molecule has 0 atom stereocenters. The van der Waals surface area contributed by atoms with E-state index in [0.29, 0.717) is 0 Å². The first-order chi connectivity index (χ1) is 17.2. The number of carbonyl (C=O) groups is 1. The van der Waals surface area contributed by atoms with Gasteiger partial charge in [0, 0.05) is 6.07 Å². The van der Waals surface area contributed by atoms with Crippen LogP contribution in [0.1, 0.15) is 27.2 Å². The first-order valence-electron chi connectivity index (χ1n) is 10.6. The number of hydrogen-bond acceptors (Lipinski definition) is 6. The van der Waals surface area contributed by atoms with Gasteiger partial charge in [0.2, 0.25) is 11.2 Å². The number of carbonyl (C=O) groups excluding carboxylic acids is 1. The van der Waals surface area contributed by atoms with Crippen LogP contribution < -0.4 is 14.9 Å². The highest BCUT2D eigenvalue weighted by Gasteiger charge is 2.40. The molecule has 3 aromatic carbocycles. The molecule has 4 aromatic rings. The number of hydrogen-bond donors (Lipinski definition) is 0. The van der Waals surface area contributed by atoms with Crippen molar-refractivity contribution in [1.82, 2.24) is 0 Å². The van der Waals surface area contributed by atoms with Gasteiger partial charge in [-0.15, -0.1) is 0 Å². The number of methoxy groups -OCH3 is 1. The summed E-state index contributed by atoms with van der Waals surface area (Å²) < 4.78 is 62.0. The zero-order valence-electron chi connectivity index (χ0n) is 18.9. The summed E-state index contributed by atoms with van der Waals surface area (Å²) in [7, 11) is 1.19. The van der Waals surface area contributed by atoms with E-state index in [9.17, 15) is 22.8 Å². The van der Waals surface area contributed by atoms with E-state index in [-0.39, 0.29) is 34.6 Å². The molecule has 4 rings (SSSR count). The second-order valence-corrected chi connectivity index (χ2v) is 7.60. The molecule has 0 bridgehead atoms. The average Bonchev–Trinajstić information content (AvgIpc) is 2.88. The summed E-state index contributed by atoms with van der Waals surface area (Å²) in [4.78, 5) is 24.5. The number of benzene rings is 3. The summed E-state index contributed by atoms with van der Waals surface area (Å²) in [5.41, 5.74) is 0.617. The van der Waals surface area contributed by atoms with E-state index in [4.69, 9.17) is 13.9 Å². The van der Waals surface area contributed by atoms with Gasteiger partial charge < -0.3 is 18.6 Å². The molecule has 6 nitrogen and oxygen atoms in total. The number of rotatable bonds is 7. The van der Waals surface area contributed by atoms with Gasteiger partial charge in [-0.05, 0) is 47.5 Å². The highest BCUT2D eigenvalue weighted by Crippen LogP contribution is 2.38. The summed E-state index contributed by atoms with van der Waals surface area (Å²) >= 11 is 0. The van der Waals surface area contributed by atoms with Crippen molar-refractivity contribution in [3.63, 3.8) is 0 Å². The molecule has 0 fully saturated rings. The molecule has 0 spiro atoms. The summed E-state index contributed by atoms with van der Waals surface area (Å²) in [5.74, 6) is -3.11. The fourth-order valence-electron chi connectivity index (χ4n) is 3.34. The SMILES string of the molecule is C=Cc1ccc(COc2ccc3c(=O)c(Oc4ccc(C(=O)OC)cc4)c(C(F)(F)F)oc3c2)cc1. The van der Waals surface area contributed by atoms with E-state index in [1.807, 2.05) is 24.3 Å². The minimum Gasteiger partial charge on any atom is -0.489 e. The molecule has 9 heteroatoms. The van der Waals surface area contributed by atoms with Crippen LogP contribution in [0.15, 0.2) is 82.5 Å². The third kappa shape index (κ3) is 5.25. The maximum atomic E-state index is 13.8. The molecule has 0 aliphatic carbocycles. The quantitative estimate of drug-likeness (QED) is 0.268. The van der Waals surface area contributed by atoms with Crippen molar-refractivity contribution >= 4 is 23.0 Å². The molecule has 1 heterocycles. The number of esters is 1. The van der Waals surface area contributed by atoms with Crippen LogP contribution in [-0.4, -0.2) is 13.1 Å². The molecule has 0 amide bonds. The first kappa shape index (κ1) is 24.6. The van der Waals surface area contributed by atoms with Crippen molar-refractivity contribution in [2.45, 2.75) is 12.8 Å². The Morgan fingerprint density at radius 1 is 1.00 bits per heavy atom. The minimum atomic E-state index is -5.02. The smallest absolute Gasteiger partial charge is 0.453 e. The lowest BCUT2D eigenvalue weighted by Gasteiger charge is -2.14. The lowest BCUT2D eigenvalue weighted by molar-refractivity contribution is -0.154. The first-order valence-corrected chi connectivity index (χ1v) is 10.6. The normalized spacial score (nSPS) is 11.2. The third-order valence-corrected chi connectivity index (χ3v) is 5.20. The molecular weight excluding hydrogens is 477 g/mol. The van der Waals surface area contributed by atoms with Crippen LogP contribution >= 0.6 is 0 Å². The van der Waals surface area contributed by atoms with Crippen LogP contribution in [0.2, 0.25) is 0 Å². The second kappa shape index (κ2) is 9.99. The second-order valence-electron chi connectivity index (χ2n) is 7.60. The summed E-state index contributed by atoms with van der Waals surface area (Å²) in [5, 5.41) is -0.119. The maximum absolute atomic E-state index is 13.8. The lowest BCUT2D eigenvalue weighted by Crippen LogP contribution is -2.15. The molecule has 0 aliphatic heterocycles. The Morgan fingerprint density at radius 2 is 1.67 bits per heavy atom. The predicted molar refractivity (Wildman–Crippen MR) is 126 cm³/mol. The van der Waals surface area contributed by atoms with Gasteiger partial charge >= 0.3 is 12.1 Å². The van der Waals surface area contributed by atoms with Crippen molar-refractivity contribution in [2.75, 3.05) is 7.11 Å². The van der Waals surface area contributed by atoms with Gasteiger partial charge in [-0.25, -0.2) is 4.79 Å². The molecular formula is C27H19F3O6. The average molecular weight is 496 g/mol. The van der Waals surface area contributed by atoms with E-state index in [2.05, 4.69) is 11.3 Å². The standard InChI is InChI=1S/C27H19F3O6/c1-3-16-4-6-17(7-5-16)15-34-20-12-13-21-22(14-20)36-25(27(28,29)30)24(23(21)31)35-19-10-8-18(9-11-19)26(32)33-2/h3-14H,1,15H2,2H3. The van der Waals surface area contributed by atoms with Gasteiger partial charge in [0.25, 0.3) is 5.76 Å². The van der Waals surface area contributed by atoms with Gasteiger partial charge in [0.05, 0.1) is 18.1 Å². The Kier molecular flexibility index (Phi) is 6.82. The molecule has 0 radical (unpaired) electrons. The molecule has 0 saturated carbocycles. The summed E-state index contributed by atoms with van der Waals surface area (Å²) in [6.07, 6.45) is -3.32. The highest BCUT2D eigenvalue weighted by atomic mass is 19.4. The Labute approximate surface area is 203 Å². The van der Waals surface area contributed by atoms with Crippen molar-refractivity contribution < 1.29 is 36.6 Å². The number of alkyl halides is 3. The van der Waals surface area contributed by atoms with Crippen LogP contribution in [0.3, 0.4) is 0 Å². The Hall–Kier alpha value is -4.53. The number of fused-ring (bicyclic) bond motifs is 1. The Bertz CT molecular complexity index is 1470. The van der Waals surface area contributed by atoms with E-state index >= 15 is 0 Å². The van der Waals surface area contributed by atoms with E-state index in [1.54, 1.807) is 6.08 Å². The molecule has 1 aromatic heterocycles. The minimum absolute atomic E-state index is 0.0952. The van der Waals surface area contributed by atoms with Crippen molar-refractivity contribution in [1.29, 1.82) is 0 Å². The number of halogens is 3. The monoisotopic (exact) mass is 496 g/mol. The topological polar surface area (TPSA) is 75.0 Å². The maximum Gasteiger partial charge on any atom is 0.453 e. The molecule has 0 saturated heterocycles. The molecule has 0 aliphatic rings. The fourth-order valence-corrected chi connectivity index (χ4v) is 3.34. The molecule has 184 valence electrons. The molecule has 0 unspecified atom stereocenters. The Balaban J connectivity index is 1.66. The lowest BCUT2D eigenvalue weighted by atomic mass is 10.1. The van der Waals surface area contributed by atoms with Gasteiger partial charge in [0.15, 0.2) is 0 Å². The van der Waals surface area contributed by atoms with E-state index < -0.39 is 29.1 Å². The van der Waals surface area contributed by atoms with Crippen LogP contribution in [0, 0.1) is 0 Å². The third-order valence-electron chi connectivity index (χ3n) is 5.20. The number of ether oxygens (including phenoxy) is 3. The largest absolute Gasteiger partial charge is 0.489 e. The van der Waals surface area contributed by atoms with Gasteiger partial charge in [-0.2, -0.15) is 13.2 Å². The van der Waals surface area contributed by atoms with Crippen molar-refractivity contribution in [3.05, 3.63) is 106 Å². The molecule has 36 heavy (non-hydrogen) atoms. The van der Waals surface area contributed by atoms with Crippen molar-refractivity contribution in [2.24, 2.45) is 0 Å². The van der Waals surface area contributed by atoms with Gasteiger partial charge in [-0.1, -0.05) is 36.9 Å². The van der Waals surface area contributed by atoms with Crippen LogP contribution in [0.5, 0.6) is 17.2 Å². The fraction of sp³-hybridized carbons (Fsp3) is 0.111. The summed E-state index contributed by atoms with van der Waals surface area (Å²) in [6, 6.07) is 16.4. The Morgan fingerprint density at radius 3 is 2.28 bits per heavy atom. The van der Waals surface area contributed by atoms with Crippen LogP contribution in [0.4, 0.5) is 13.2 Å². The van der Waals surface area contributed by atoms with Crippen LogP contribution in [0.25, 0.3) is 17.0 Å². The van der Waals surface area contributed by atoms with Gasteiger partial charge in [0.1, 0.15) is 23.7 Å². The van der Waals surface area contributed by atoms with E-state index in [0.717, 1.165) is 11.1 Å². The zero-order chi connectivity index (χ0) is 25.9. The highest BCUT2D eigenvalue weighted by molar-refractivity contribution is 5.89. The van der Waals surface area contributed by atoms with E-state index in [1.165, 1.54) is 49.6 Å². The predicted octanol–water partition coefficient (Wildman–Crippen LogP) is 6.61. The van der Waals surface area contributed by atoms with Crippen LogP contribution in [-0.2, 0) is 17.5 Å².